The summed E-state index contributed by atoms with van der Waals surface area (Å²) in [6.07, 6.45) is -0.333. The molecule has 3 rings (SSSR count). The average Bonchev–Trinajstić information content (AvgIpc) is 2.51. The van der Waals surface area contributed by atoms with Crippen LogP contribution in [-0.2, 0) is 0 Å². The van der Waals surface area contributed by atoms with Crippen LogP contribution in [0.25, 0.3) is 0 Å². The third kappa shape index (κ3) is 2.33. The Labute approximate surface area is 122 Å². The molecule has 108 valence electrons. The zero-order valence-electron chi connectivity index (χ0n) is 11.9. The lowest BCUT2D eigenvalue weighted by Gasteiger charge is -2.30. The first-order valence-corrected chi connectivity index (χ1v) is 6.78. The molecule has 0 amide bonds. The third-order valence-electron chi connectivity index (χ3n) is 3.79. The van der Waals surface area contributed by atoms with Crippen LogP contribution in [-0.4, -0.2) is 18.0 Å². The van der Waals surface area contributed by atoms with Crippen LogP contribution in [0.5, 0.6) is 17.2 Å². The Bertz CT molecular complexity index is 676. The van der Waals surface area contributed by atoms with Gasteiger partial charge >= 0.3 is 0 Å². The highest BCUT2D eigenvalue weighted by molar-refractivity contribution is 6.01. The number of hydrogen-bond donors (Lipinski definition) is 1. The second-order valence-corrected chi connectivity index (χ2v) is 5.14. The molecule has 0 aromatic heterocycles. The number of ether oxygens (including phenoxy) is 2. The standard InChI is InChI=1S/C17H16O4/c1-10-16(19)14-9-12(18)5-8-15(14)21-17(10)11-3-6-13(20-2)7-4-11/h3-10,17-18H,1-2H3/t10-,17-/m1/s1. The first kappa shape index (κ1) is 13.5. The van der Waals surface area contributed by atoms with Crippen molar-refractivity contribution in [2.24, 2.45) is 5.92 Å². The third-order valence-corrected chi connectivity index (χ3v) is 3.79. The molecule has 4 nitrogen and oxygen atoms in total. The highest BCUT2D eigenvalue weighted by Crippen LogP contribution is 2.39. The number of carbonyl (C=O) groups excluding carboxylic acids is 1. The molecule has 1 N–H and O–H groups in total. The highest BCUT2D eigenvalue weighted by atomic mass is 16.5. The molecule has 0 radical (unpaired) electrons. The van der Waals surface area contributed by atoms with E-state index in [0.717, 1.165) is 11.3 Å². The molecule has 0 bridgehead atoms. The second-order valence-electron chi connectivity index (χ2n) is 5.14. The first-order chi connectivity index (χ1) is 10.1. The molecule has 1 heterocycles. The maximum atomic E-state index is 12.5. The van der Waals surface area contributed by atoms with Crippen molar-refractivity contribution >= 4 is 5.78 Å². The summed E-state index contributed by atoms with van der Waals surface area (Å²) in [7, 11) is 1.61. The fourth-order valence-electron chi connectivity index (χ4n) is 2.59. The Morgan fingerprint density at radius 2 is 1.86 bits per heavy atom. The maximum absolute atomic E-state index is 12.5. The minimum Gasteiger partial charge on any atom is -0.508 e. The summed E-state index contributed by atoms with van der Waals surface area (Å²) in [5.41, 5.74) is 1.36. The lowest BCUT2D eigenvalue weighted by molar-refractivity contribution is 0.0689. The molecular formula is C17H16O4. The van der Waals surface area contributed by atoms with Crippen molar-refractivity contribution in [3.8, 4) is 17.2 Å². The number of carbonyl (C=O) groups is 1. The Morgan fingerprint density at radius 1 is 1.14 bits per heavy atom. The molecule has 0 saturated heterocycles. The number of fused-ring (bicyclic) bond motifs is 1. The van der Waals surface area contributed by atoms with E-state index in [1.54, 1.807) is 13.2 Å². The number of Topliss-reactive ketones (excluding diaryl/α,β-unsaturated/α-hetero) is 1. The van der Waals surface area contributed by atoms with Crippen LogP contribution in [0, 0.1) is 5.92 Å². The van der Waals surface area contributed by atoms with Gasteiger partial charge in [-0.2, -0.15) is 0 Å². The molecule has 1 aliphatic heterocycles. The van der Waals surface area contributed by atoms with Gasteiger partial charge in [-0.3, -0.25) is 4.79 Å². The van der Waals surface area contributed by atoms with E-state index in [0.29, 0.717) is 11.3 Å². The van der Waals surface area contributed by atoms with Crippen molar-refractivity contribution in [2.75, 3.05) is 7.11 Å². The van der Waals surface area contributed by atoms with Gasteiger partial charge in [-0.15, -0.1) is 0 Å². The highest BCUT2D eigenvalue weighted by Gasteiger charge is 2.35. The van der Waals surface area contributed by atoms with Gasteiger partial charge in [0.2, 0.25) is 0 Å². The van der Waals surface area contributed by atoms with Crippen LogP contribution in [0.2, 0.25) is 0 Å². The fourth-order valence-corrected chi connectivity index (χ4v) is 2.59. The van der Waals surface area contributed by atoms with Gasteiger partial charge in [0.05, 0.1) is 18.6 Å². The van der Waals surface area contributed by atoms with Gasteiger partial charge in [0.1, 0.15) is 23.4 Å². The number of hydrogen-bond acceptors (Lipinski definition) is 4. The van der Waals surface area contributed by atoms with Crippen LogP contribution in [0.4, 0.5) is 0 Å². The van der Waals surface area contributed by atoms with Gasteiger partial charge in [0, 0.05) is 0 Å². The molecule has 21 heavy (non-hydrogen) atoms. The predicted octanol–water partition coefficient (Wildman–Crippen LogP) is 3.35. The lowest BCUT2D eigenvalue weighted by atomic mass is 9.87. The zero-order chi connectivity index (χ0) is 15.0. The van der Waals surface area contributed by atoms with E-state index in [4.69, 9.17) is 9.47 Å². The predicted molar refractivity (Wildman–Crippen MR) is 78.0 cm³/mol. The Morgan fingerprint density at radius 3 is 2.52 bits per heavy atom. The summed E-state index contributed by atoms with van der Waals surface area (Å²) in [4.78, 5) is 12.5. The van der Waals surface area contributed by atoms with Gasteiger partial charge in [-0.25, -0.2) is 0 Å². The molecule has 0 spiro atoms. The summed E-state index contributed by atoms with van der Waals surface area (Å²) in [6, 6.07) is 12.1. The molecular weight excluding hydrogens is 268 g/mol. The number of aromatic hydroxyl groups is 1. The number of phenols is 1. The first-order valence-electron chi connectivity index (χ1n) is 6.78. The Balaban J connectivity index is 1.97. The zero-order valence-corrected chi connectivity index (χ0v) is 11.9. The van der Waals surface area contributed by atoms with E-state index in [9.17, 15) is 9.90 Å². The van der Waals surface area contributed by atoms with Gasteiger partial charge in [-0.05, 0) is 35.9 Å². The molecule has 0 unspecified atom stereocenters. The van der Waals surface area contributed by atoms with Crippen molar-refractivity contribution in [3.63, 3.8) is 0 Å². The molecule has 0 saturated carbocycles. The molecule has 2 atom stereocenters. The number of phenolic OH excluding ortho intramolecular Hbond substituents is 1. The summed E-state index contributed by atoms with van der Waals surface area (Å²) < 4.78 is 11.1. The van der Waals surface area contributed by atoms with Crippen LogP contribution >= 0.6 is 0 Å². The number of ketones is 1. The van der Waals surface area contributed by atoms with Gasteiger partial charge in [0.25, 0.3) is 0 Å². The van der Waals surface area contributed by atoms with Crippen molar-refractivity contribution in [1.82, 2.24) is 0 Å². The smallest absolute Gasteiger partial charge is 0.173 e. The fraction of sp³-hybridized carbons (Fsp3) is 0.235. The van der Waals surface area contributed by atoms with Gasteiger partial charge in [0.15, 0.2) is 5.78 Å². The molecule has 0 fully saturated rings. The molecule has 1 aliphatic rings. The number of benzene rings is 2. The molecule has 0 aliphatic carbocycles. The van der Waals surface area contributed by atoms with Crippen LogP contribution in [0.3, 0.4) is 0 Å². The summed E-state index contributed by atoms with van der Waals surface area (Å²) in [6.45, 7) is 1.84. The number of rotatable bonds is 2. The van der Waals surface area contributed by atoms with Gasteiger partial charge < -0.3 is 14.6 Å². The van der Waals surface area contributed by atoms with Crippen LogP contribution < -0.4 is 9.47 Å². The molecule has 2 aromatic carbocycles. The van der Waals surface area contributed by atoms with E-state index >= 15 is 0 Å². The van der Waals surface area contributed by atoms with Crippen LogP contribution in [0.15, 0.2) is 42.5 Å². The number of methoxy groups -OCH3 is 1. The monoisotopic (exact) mass is 284 g/mol. The average molecular weight is 284 g/mol. The Hall–Kier alpha value is -2.49. The van der Waals surface area contributed by atoms with Crippen LogP contribution in [0.1, 0.15) is 28.9 Å². The second kappa shape index (κ2) is 5.13. The van der Waals surface area contributed by atoms with Gasteiger partial charge in [-0.1, -0.05) is 19.1 Å². The van der Waals surface area contributed by atoms with Crippen molar-refractivity contribution in [1.29, 1.82) is 0 Å². The summed E-state index contributed by atoms with van der Waals surface area (Å²) in [5.74, 6) is 1.01. The van der Waals surface area contributed by atoms with E-state index in [1.165, 1.54) is 12.1 Å². The Kier molecular flexibility index (Phi) is 3.29. The lowest BCUT2D eigenvalue weighted by Crippen LogP contribution is -2.29. The molecule has 4 heteroatoms. The van der Waals surface area contributed by atoms with E-state index in [1.807, 2.05) is 31.2 Å². The summed E-state index contributed by atoms with van der Waals surface area (Å²) in [5, 5.41) is 9.51. The van der Waals surface area contributed by atoms with Crippen molar-refractivity contribution in [2.45, 2.75) is 13.0 Å². The normalized spacial score (nSPS) is 20.6. The van der Waals surface area contributed by atoms with E-state index < -0.39 is 0 Å². The topological polar surface area (TPSA) is 55.8 Å². The van der Waals surface area contributed by atoms with Crippen molar-refractivity contribution in [3.05, 3.63) is 53.6 Å². The van der Waals surface area contributed by atoms with Crippen molar-refractivity contribution < 1.29 is 19.4 Å². The quantitative estimate of drug-likeness (QED) is 0.918. The van der Waals surface area contributed by atoms with E-state index in [-0.39, 0.29) is 23.6 Å². The minimum absolute atomic E-state index is 0.0204. The molecule has 2 aromatic rings. The maximum Gasteiger partial charge on any atom is 0.173 e. The minimum atomic E-state index is -0.333. The SMILES string of the molecule is COc1ccc([C@@H]2Oc3ccc(O)cc3C(=O)[C@H]2C)cc1. The largest absolute Gasteiger partial charge is 0.508 e. The summed E-state index contributed by atoms with van der Waals surface area (Å²) >= 11 is 0. The van der Waals surface area contributed by atoms with E-state index in [2.05, 4.69) is 0 Å².